The smallest absolute Gasteiger partial charge is 0.322 e. The van der Waals surface area contributed by atoms with Crippen molar-refractivity contribution in [3.05, 3.63) is 0 Å². The molecule has 1 fully saturated rings. The molecule has 15 heavy (non-hydrogen) atoms. The van der Waals surface area contributed by atoms with Crippen molar-refractivity contribution in [2.45, 2.75) is 25.3 Å². The molecule has 1 rings (SSSR count). The summed E-state index contributed by atoms with van der Waals surface area (Å²) >= 11 is 1.31. The number of hydrogen-bond acceptors (Lipinski definition) is 4. The van der Waals surface area contributed by atoms with E-state index in [0.29, 0.717) is 0 Å². The van der Waals surface area contributed by atoms with Gasteiger partial charge in [0.25, 0.3) is 10.2 Å². The van der Waals surface area contributed by atoms with Gasteiger partial charge in [0.2, 0.25) is 0 Å². The Balaban J connectivity index is 3.04. The van der Waals surface area contributed by atoms with Crippen LogP contribution in [0, 0.1) is 5.92 Å². The standard InChI is InChI=1S/C7H14N2O4S2/c1-4(2)6-9(15(8,12)13)5(3-14-6)7(10)11/h4-6H,3H2,1-2H3,(H,10,11)(H2,8,12,13). The van der Waals surface area contributed by atoms with Crippen LogP contribution >= 0.6 is 11.8 Å². The van der Waals surface area contributed by atoms with Gasteiger partial charge in [0, 0.05) is 5.75 Å². The Bertz CT molecular complexity index is 354. The molecule has 88 valence electrons. The van der Waals surface area contributed by atoms with Gasteiger partial charge < -0.3 is 5.11 Å². The zero-order chi connectivity index (χ0) is 11.8. The maximum absolute atomic E-state index is 11.3. The largest absolute Gasteiger partial charge is 0.480 e. The lowest BCUT2D eigenvalue weighted by atomic mass is 10.2. The Morgan fingerprint density at radius 3 is 2.47 bits per heavy atom. The van der Waals surface area contributed by atoms with E-state index in [9.17, 15) is 13.2 Å². The highest BCUT2D eigenvalue weighted by Crippen LogP contribution is 2.35. The minimum Gasteiger partial charge on any atom is -0.480 e. The SMILES string of the molecule is CC(C)C1SCC(C(=O)O)N1S(N)(=O)=O. The monoisotopic (exact) mass is 254 g/mol. The van der Waals surface area contributed by atoms with Crippen LogP contribution in [0.4, 0.5) is 0 Å². The van der Waals surface area contributed by atoms with Gasteiger partial charge in [-0.1, -0.05) is 13.8 Å². The molecule has 1 aliphatic rings. The zero-order valence-corrected chi connectivity index (χ0v) is 10.1. The summed E-state index contributed by atoms with van der Waals surface area (Å²) in [5.41, 5.74) is 0. The molecule has 0 aromatic heterocycles. The summed E-state index contributed by atoms with van der Waals surface area (Å²) in [6, 6.07) is -1.04. The van der Waals surface area contributed by atoms with Crippen molar-refractivity contribution in [2.24, 2.45) is 11.1 Å². The highest BCUT2D eigenvalue weighted by Gasteiger charge is 2.45. The van der Waals surface area contributed by atoms with Crippen LogP contribution in [0.1, 0.15) is 13.8 Å². The van der Waals surface area contributed by atoms with Crippen LogP contribution in [0.25, 0.3) is 0 Å². The third-order valence-electron chi connectivity index (χ3n) is 2.13. The van der Waals surface area contributed by atoms with Crippen molar-refractivity contribution in [1.29, 1.82) is 0 Å². The fourth-order valence-corrected chi connectivity index (χ4v) is 4.55. The van der Waals surface area contributed by atoms with E-state index in [0.717, 1.165) is 4.31 Å². The van der Waals surface area contributed by atoms with Crippen molar-refractivity contribution in [2.75, 3.05) is 5.75 Å². The number of carboxylic acids is 1. The lowest BCUT2D eigenvalue weighted by molar-refractivity contribution is -0.140. The molecule has 6 nitrogen and oxygen atoms in total. The van der Waals surface area contributed by atoms with Crippen molar-refractivity contribution in [1.82, 2.24) is 4.31 Å². The molecule has 2 atom stereocenters. The number of nitrogens with zero attached hydrogens (tertiary/aromatic N) is 1. The number of carbonyl (C=O) groups is 1. The van der Waals surface area contributed by atoms with Gasteiger partial charge in [0.1, 0.15) is 6.04 Å². The molecule has 0 aliphatic carbocycles. The Kier molecular flexibility index (Phi) is 3.64. The van der Waals surface area contributed by atoms with Gasteiger partial charge in [-0.2, -0.15) is 12.7 Å². The summed E-state index contributed by atoms with van der Waals surface area (Å²) in [6.07, 6.45) is 0. The van der Waals surface area contributed by atoms with Gasteiger partial charge in [-0.05, 0) is 5.92 Å². The van der Waals surface area contributed by atoms with E-state index in [2.05, 4.69) is 0 Å². The number of hydrogen-bond donors (Lipinski definition) is 2. The maximum atomic E-state index is 11.3. The van der Waals surface area contributed by atoms with Crippen molar-refractivity contribution in [3.63, 3.8) is 0 Å². The third kappa shape index (κ3) is 2.63. The van der Waals surface area contributed by atoms with Crippen LogP contribution in [0.5, 0.6) is 0 Å². The van der Waals surface area contributed by atoms with Crippen molar-refractivity contribution >= 4 is 27.9 Å². The number of nitrogens with two attached hydrogens (primary N) is 1. The summed E-state index contributed by atoms with van der Waals surface area (Å²) in [5.74, 6) is -0.883. The summed E-state index contributed by atoms with van der Waals surface area (Å²) in [5, 5.41) is 13.5. The number of rotatable bonds is 3. The van der Waals surface area contributed by atoms with Gasteiger partial charge >= 0.3 is 5.97 Å². The topological polar surface area (TPSA) is 101 Å². The predicted octanol–water partition coefficient (Wildman–Crippen LogP) is -0.326. The highest BCUT2D eigenvalue weighted by atomic mass is 32.2. The fraction of sp³-hybridized carbons (Fsp3) is 0.857. The van der Waals surface area contributed by atoms with Crippen LogP contribution < -0.4 is 5.14 Å². The van der Waals surface area contributed by atoms with E-state index >= 15 is 0 Å². The quantitative estimate of drug-likeness (QED) is 0.718. The zero-order valence-electron chi connectivity index (χ0n) is 8.45. The van der Waals surface area contributed by atoms with Gasteiger partial charge in [0.15, 0.2) is 0 Å². The predicted molar refractivity (Wildman–Crippen MR) is 57.5 cm³/mol. The summed E-state index contributed by atoms with van der Waals surface area (Å²) in [7, 11) is -3.96. The normalized spacial score (nSPS) is 28.5. The molecule has 3 N–H and O–H groups in total. The average Bonchev–Trinajstić information content (AvgIpc) is 2.45. The molecule has 1 aliphatic heterocycles. The first-order valence-corrected chi connectivity index (χ1v) is 6.96. The summed E-state index contributed by atoms with van der Waals surface area (Å²) < 4.78 is 23.5. The van der Waals surface area contributed by atoms with E-state index in [1.54, 1.807) is 0 Å². The van der Waals surface area contributed by atoms with Gasteiger partial charge in [-0.25, -0.2) is 5.14 Å². The molecule has 0 aromatic carbocycles. The molecular formula is C7H14N2O4S2. The van der Waals surface area contributed by atoms with E-state index in [-0.39, 0.29) is 17.0 Å². The number of aliphatic carboxylic acids is 1. The molecule has 0 spiro atoms. The third-order valence-corrected chi connectivity index (χ3v) is 4.96. The molecule has 2 unspecified atom stereocenters. The Labute approximate surface area is 93.0 Å². The fourth-order valence-electron chi connectivity index (χ4n) is 1.50. The molecule has 1 heterocycles. The average molecular weight is 254 g/mol. The van der Waals surface area contributed by atoms with Crippen LogP contribution in [0.3, 0.4) is 0 Å². The molecule has 0 bridgehead atoms. The maximum Gasteiger partial charge on any atom is 0.322 e. The van der Waals surface area contributed by atoms with E-state index in [1.165, 1.54) is 11.8 Å². The minimum absolute atomic E-state index is 0.0256. The van der Waals surface area contributed by atoms with Crippen molar-refractivity contribution in [3.8, 4) is 0 Å². The van der Waals surface area contributed by atoms with E-state index in [4.69, 9.17) is 10.2 Å². The first kappa shape index (κ1) is 12.8. The second-order valence-electron chi connectivity index (χ2n) is 3.70. The molecule has 0 radical (unpaired) electrons. The van der Waals surface area contributed by atoms with Crippen LogP contribution in [0.15, 0.2) is 0 Å². The molecule has 0 aromatic rings. The molecule has 1 saturated heterocycles. The second kappa shape index (κ2) is 4.28. The number of carboxylic acid groups (broad SMARTS) is 1. The molecule has 0 saturated carbocycles. The lowest BCUT2D eigenvalue weighted by Crippen LogP contribution is -2.49. The van der Waals surface area contributed by atoms with E-state index < -0.39 is 22.2 Å². The molecule has 0 amide bonds. The van der Waals surface area contributed by atoms with Crippen LogP contribution in [0.2, 0.25) is 0 Å². The Hall–Kier alpha value is -0.310. The highest BCUT2D eigenvalue weighted by molar-refractivity contribution is 8.01. The minimum atomic E-state index is -3.96. The van der Waals surface area contributed by atoms with Crippen LogP contribution in [-0.2, 0) is 15.0 Å². The Morgan fingerprint density at radius 1 is 1.60 bits per heavy atom. The first-order chi connectivity index (χ1) is 6.75. The molecule has 8 heteroatoms. The second-order valence-corrected chi connectivity index (χ2v) is 6.30. The Morgan fingerprint density at radius 2 is 2.13 bits per heavy atom. The number of thioether (sulfide) groups is 1. The van der Waals surface area contributed by atoms with Gasteiger partial charge in [-0.15, -0.1) is 11.8 Å². The lowest BCUT2D eigenvalue weighted by Gasteiger charge is -2.26. The van der Waals surface area contributed by atoms with Crippen LogP contribution in [-0.4, -0.2) is 41.0 Å². The van der Waals surface area contributed by atoms with Gasteiger partial charge in [0.05, 0.1) is 5.37 Å². The van der Waals surface area contributed by atoms with Crippen molar-refractivity contribution < 1.29 is 18.3 Å². The van der Waals surface area contributed by atoms with Gasteiger partial charge in [-0.3, -0.25) is 4.79 Å². The molecular weight excluding hydrogens is 240 g/mol. The van der Waals surface area contributed by atoms with E-state index in [1.807, 2.05) is 13.8 Å². The first-order valence-electron chi connectivity index (χ1n) is 4.41. The summed E-state index contributed by atoms with van der Waals surface area (Å²) in [6.45, 7) is 3.67. The summed E-state index contributed by atoms with van der Waals surface area (Å²) in [4.78, 5) is 10.9.